The number of hydroxylamine groups is 2. The zero-order valence-corrected chi connectivity index (χ0v) is 33.1. The van der Waals surface area contributed by atoms with E-state index in [1.165, 1.54) is 36.4 Å². The fourth-order valence-electron chi connectivity index (χ4n) is 4.62. The van der Waals surface area contributed by atoms with Crippen LogP contribution in [0.2, 0.25) is 0 Å². The van der Waals surface area contributed by atoms with Gasteiger partial charge in [-0.25, -0.2) is 13.6 Å². The van der Waals surface area contributed by atoms with Crippen molar-refractivity contribution < 1.29 is 75.2 Å². The average Bonchev–Trinajstić information content (AvgIpc) is 3.51. The molecule has 4 rings (SSSR count). The number of carboxylic acid groups (broad SMARTS) is 2. The molecule has 1 heterocycles. The molecule has 19 nitrogen and oxygen atoms in total. The Morgan fingerprint density at radius 2 is 1.34 bits per heavy atom. The number of hydrogen-bond acceptors (Lipinski definition) is 15. The van der Waals surface area contributed by atoms with Crippen LogP contribution in [-0.2, 0) is 38.4 Å². The molecule has 0 aliphatic carbocycles. The first-order chi connectivity index (χ1) is 27.9. The molecule has 1 aliphatic rings. The topological polar surface area (TPSA) is 301 Å². The number of nitrogens with one attached hydrogen (secondary N) is 4. The van der Waals surface area contributed by atoms with Gasteiger partial charge in [-0.2, -0.15) is 0 Å². The van der Waals surface area contributed by atoms with Crippen LogP contribution < -0.4 is 35.8 Å². The average molecular weight is 904 g/mol. The van der Waals surface area contributed by atoms with E-state index in [1.54, 1.807) is 0 Å². The third-order valence-electron chi connectivity index (χ3n) is 7.57. The predicted octanol–water partition coefficient (Wildman–Crippen LogP) is -3.10. The summed E-state index contributed by atoms with van der Waals surface area (Å²) in [4.78, 5) is 110. The molecular weight excluding hydrogens is 869 g/mol. The number of halogens is 2. The van der Waals surface area contributed by atoms with Gasteiger partial charge in [0.15, 0.2) is 0 Å². The van der Waals surface area contributed by atoms with Crippen molar-refractivity contribution in [2.45, 2.75) is 37.8 Å². The van der Waals surface area contributed by atoms with E-state index in [0.29, 0.717) is 15.1 Å². The minimum atomic E-state index is -3.04. The number of benzene rings is 3. The van der Waals surface area contributed by atoms with Gasteiger partial charge in [0.2, 0.25) is 0 Å². The van der Waals surface area contributed by atoms with Gasteiger partial charge in [-0.15, -0.1) is 5.06 Å². The Bertz CT molecular complexity index is 2010. The van der Waals surface area contributed by atoms with Gasteiger partial charge in [-0.3, -0.25) is 19.2 Å². The van der Waals surface area contributed by atoms with Crippen LogP contribution >= 0.6 is 11.8 Å². The quantitative estimate of drug-likeness (QED) is 0.0545. The number of anilines is 1. The molecule has 1 saturated heterocycles. The monoisotopic (exact) mass is 903 g/mol. The second-order valence-electron chi connectivity index (χ2n) is 12.0. The van der Waals surface area contributed by atoms with E-state index in [9.17, 15) is 70.3 Å². The molecule has 314 valence electrons. The molecule has 3 aromatic rings. The number of thioether (sulfide) groups is 1. The van der Waals surface area contributed by atoms with Crippen molar-refractivity contribution in [2.75, 3.05) is 23.4 Å². The van der Waals surface area contributed by atoms with Crippen molar-refractivity contribution in [3.63, 3.8) is 0 Å². The summed E-state index contributed by atoms with van der Waals surface area (Å²) in [7, 11) is 0. The molecule has 3 aromatic carbocycles. The molecular formula is C36H34AsF2N5O14S-2. The van der Waals surface area contributed by atoms with Crippen LogP contribution in [0.15, 0.2) is 72.8 Å². The SMILES string of the molecule is O=C(ON1C(=O)CCC1=O)c1ccc([18F])cc1.O=C([O-])CNC(=O)[C@H](CSCC(=O)Nc1ccc([As](O)O)cc1)NC(=O)CC[C@H](NC(=O)c1ccc([18F])cc1)C(=O)[O-]. The summed E-state index contributed by atoms with van der Waals surface area (Å²) in [6.07, 6.45) is -0.844. The molecule has 2 atom stereocenters. The molecule has 1 fully saturated rings. The molecule has 0 unspecified atom stereocenters. The first-order valence-electron chi connectivity index (χ1n) is 17.0. The van der Waals surface area contributed by atoms with E-state index in [1.807, 2.05) is 0 Å². The zero-order chi connectivity index (χ0) is 43.6. The normalized spacial score (nSPS) is 13.0. The van der Waals surface area contributed by atoms with Crippen molar-refractivity contribution in [3.05, 3.63) is 95.6 Å². The Labute approximate surface area is 342 Å². The van der Waals surface area contributed by atoms with Gasteiger partial charge in [0.05, 0.1) is 30.1 Å². The van der Waals surface area contributed by atoms with Crippen molar-refractivity contribution in [2.24, 2.45) is 0 Å². The third kappa shape index (κ3) is 16.3. The molecule has 0 spiro atoms. The first-order valence-corrected chi connectivity index (χ1v) is 20.7. The molecule has 1 aliphatic heterocycles. The standard InChI is InChI=1S/C25H28AsFN4O10S.C11H8FNO4/c27-16-5-1-14(2-6-16)23(36)31-18(25(38)39)9-10-20(32)30-19(24(37)28-11-22(34)35)12-42-13-21(33)29-17-7-3-15(4-8-17)26(40)41;12-8-3-1-7(2-4-8)11(16)17-13-9(14)5-6-10(13)15/h1-8,18-19,40-41H,9-13H2,(H,28,37)(H,29,33)(H,30,32)(H,31,36)(H,34,35)(H,38,39);1-4H,5-6H2/p-2/t18-,19-;/m0./s1/i27-1;12-1. The van der Waals surface area contributed by atoms with Crippen LogP contribution in [0.3, 0.4) is 0 Å². The fourth-order valence-corrected chi connectivity index (χ4v) is 6.34. The number of aliphatic carboxylic acids is 2. The van der Waals surface area contributed by atoms with Gasteiger partial charge >= 0.3 is 136 Å². The molecule has 0 radical (unpaired) electrons. The molecule has 6 N–H and O–H groups in total. The van der Waals surface area contributed by atoms with Crippen LogP contribution in [0, 0.1) is 11.6 Å². The van der Waals surface area contributed by atoms with E-state index in [2.05, 4.69) is 26.1 Å². The minimum Gasteiger partial charge on any atom is -0.548 e. The second kappa shape index (κ2) is 23.2. The summed E-state index contributed by atoms with van der Waals surface area (Å²) < 4.78 is 44.6. The number of rotatable bonds is 18. The zero-order valence-electron chi connectivity index (χ0n) is 30.4. The molecule has 0 saturated carbocycles. The molecule has 0 bridgehead atoms. The molecule has 23 heteroatoms. The van der Waals surface area contributed by atoms with Crippen molar-refractivity contribution in [1.29, 1.82) is 0 Å². The number of nitrogens with zero attached hydrogens (tertiary/aromatic N) is 1. The molecule has 0 aromatic heterocycles. The summed E-state index contributed by atoms with van der Waals surface area (Å²) in [6, 6.07) is 11.8. The fraction of sp³-hybridized carbons (Fsp3) is 0.250. The van der Waals surface area contributed by atoms with E-state index in [-0.39, 0.29) is 35.5 Å². The maximum atomic E-state index is 13.1. The van der Waals surface area contributed by atoms with Crippen molar-refractivity contribution in [1.82, 2.24) is 21.0 Å². The number of hydrogen-bond donors (Lipinski definition) is 6. The van der Waals surface area contributed by atoms with Gasteiger partial charge in [0.25, 0.3) is 17.7 Å². The van der Waals surface area contributed by atoms with E-state index >= 15 is 0 Å². The Morgan fingerprint density at radius 1 is 0.780 bits per heavy atom. The van der Waals surface area contributed by atoms with Crippen LogP contribution in [0.1, 0.15) is 46.4 Å². The Hall–Kier alpha value is -6.22. The summed E-state index contributed by atoms with van der Waals surface area (Å²) >= 11 is -2.12. The maximum absolute atomic E-state index is 13.1. The van der Waals surface area contributed by atoms with Gasteiger partial charge in [0.1, 0.15) is 11.6 Å². The minimum absolute atomic E-state index is 0.0273. The summed E-state index contributed by atoms with van der Waals surface area (Å²) in [5.74, 6) is -9.73. The third-order valence-corrected chi connectivity index (χ3v) is 10.2. The van der Waals surface area contributed by atoms with Crippen LogP contribution in [0.5, 0.6) is 0 Å². The number of amides is 6. The molecule has 59 heavy (non-hydrogen) atoms. The van der Waals surface area contributed by atoms with Crippen molar-refractivity contribution >= 4 is 90.5 Å². The van der Waals surface area contributed by atoms with Crippen LogP contribution in [0.4, 0.5) is 14.5 Å². The summed E-state index contributed by atoms with van der Waals surface area (Å²) in [6.45, 7) is -0.847. The Kier molecular flexibility index (Phi) is 18.6. The summed E-state index contributed by atoms with van der Waals surface area (Å²) in [5, 5.41) is 31.8. The summed E-state index contributed by atoms with van der Waals surface area (Å²) in [5.41, 5.74) is 0.421. The Balaban J connectivity index is 0.000000451. The predicted molar refractivity (Wildman–Crippen MR) is 197 cm³/mol. The van der Waals surface area contributed by atoms with E-state index in [4.69, 9.17) is 0 Å². The number of imide groups is 1. The number of carbonyl (C=O) groups is 9. The van der Waals surface area contributed by atoms with Crippen LogP contribution in [-0.4, -0.2) is 112 Å². The number of carboxylic acids is 2. The smallest absolute Gasteiger partial charge is 0.548 e. The van der Waals surface area contributed by atoms with Crippen LogP contribution in [0.25, 0.3) is 0 Å². The van der Waals surface area contributed by atoms with Gasteiger partial charge in [-0.1, -0.05) is 0 Å². The molecule has 6 amide bonds. The van der Waals surface area contributed by atoms with Gasteiger partial charge in [0, 0.05) is 24.8 Å². The van der Waals surface area contributed by atoms with Gasteiger partial charge < -0.3 is 30.0 Å². The number of carbonyl (C=O) groups excluding carboxylic acids is 9. The van der Waals surface area contributed by atoms with E-state index < -0.39 is 112 Å². The van der Waals surface area contributed by atoms with E-state index in [0.717, 1.165) is 48.2 Å². The Morgan fingerprint density at radius 3 is 1.86 bits per heavy atom. The van der Waals surface area contributed by atoms with Gasteiger partial charge in [-0.05, 0) is 55.0 Å². The first kappa shape index (κ1) is 47.2. The second-order valence-corrected chi connectivity index (χ2v) is 15.3. The van der Waals surface area contributed by atoms with Crippen molar-refractivity contribution in [3.8, 4) is 0 Å².